The van der Waals surface area contributed by atoms with E-state index in [-0.39, 0.29) is 5.91 Å². The van der Waals surface area contributed by atoms with Crippen LogP contribution in [0.5, 0.6) is 0 Å². The molecule has 0 aliphatic carbocycles. The molecular weight excluding hydrogens is 315 g/mol. The summed E-state index contributed by atoms with van der Waals surface area (Å²) in [4.78, 5) is 12.9. The second-order valence-electron chi connectivity index (χ2n) is 5.31. The number of hydrogen-bond donors (Lipinski definition) is 0. The van der Waals surface area contributed by atoms with E-state index >= 15 is 0 Å². The Kier molecular flexibility index (Phi) is 3.30. The summed E-state index contributed by atoms with van der Waals surface area (Å²) in [6.07, 6.45) is 0. The van der Waals surface area contributed by atoms with Crippen LogP contribution in [0.3, 0.4) is 0 Å². The number of hydrogen-bond acceptors (Lipinski definition) is 3. The largest absolute Gasteiger partial charge is 0.317 e. The Hall–Kier alpha value is -1.68. The molecule has 4 nitrogen and oxygen atoms in total. The highest BCUT2D eigenvalue weighted by Crippen LogP contribution is 2.63. The summed E-state index contributed by atoms with van der Waals surface area (Å²) in [5.74, 6) is -0.0269. The van der Waals surface area contributed by atoms with E-state index in [1.54, 1.807) is 4.67 Å². The maximum atomic E-state index is 12.9. The van der Waals surface area contributed by atoms with Gasteiger partial charge in [-0.25, -0.2) is 0 Å². The Balaban J connectivity index is 1.81. The van der Waals surface area contributed by atoms with Crippen molar-refractivity contribution in [3.05, 3.63) is 65.7 Å². The van der Waals surface area contributed by atoms with Crippen LogP contribution in [0.1, 0.15) is 15.9 Å². The molecule has 2 aromatic rings. The average Bonchev–Trinajstić information content (AvgIpc) is 2.95. The van der Waals surface area contributed by atoms with Gasteiger partial charge in [0.2, 0.25) is 0 Å². The zero-order valence-corrected chi connectivity index (χ0v) is 13.6. The lowest BCUT2D eigenvalue weighted by Gasteiger charge is -2.42. The highest BCUT2D eigenvalue weighted by Gasteiger charge is 2.47. The standard InChI is InChI=1S/C16H15N2O2PS/c19-16-14-8-4-5-9-15(14)17-10-11-20-21(17,22)18(16)12-13-6-2-1-3-7-13/h1-9H,10-12H2. The summed E-state index contributed by atoms with van der Waals surface area (Å²) in [5, 5.41) is 0. The Morgan fingerprint density at radius 2 is 1.82 bits per heavy atom. The zero-order valence-electron chi connectivity index (χ0n) is 11.9. The quantitative estimate of drug-likeness (QED) is 0.790. The second-order valence-corrected chi connectivity index (χ2v) is 8.94. The van der Waals surface area contributed by atoms with Crippen molar-refractivity contribution in [3.63, 3.8) is 0 Å². The fourth-order valence-corrected chi connectivity index (χ4v) is 6.40. The van der Waals surface area contributed by atoms with Gasteiger partial charge in [0, 0.05) is 6.54 Å². The summed E-state index contributed by atoms with van der Waals surface area (Å²) in [7, 11) is 0. The molecule has 0 bridgehead atoms. The number of rotatable bonds is 2. The monoisotopic (exact) mass is 330 g/mol. The normalized spacial score (nSPS) is 23.4. The molecule has 1 amide bonds. The van der Waals surface area contributed by atoms with E-state index in [0.29, 0.717) is 18.7 Å². The summed E-state index contributed by atoms with van der Waals surface area (Å²) in [6.45, 7) is -0.683. The second kappa shape index (κ2) is 5.20. The van der Waals surface area contributed by atoms with Gasteiger partial charge in [-0.05, 0) is 29.5 Å². The van der Waals surface area contributed by atoms with Crippen molar-refractivity contribution in [3.8, 4) is 0 Å². The maximum absolute atomic E-state index is 12.9. The molecular formula is C16H15N2O2PS. The molecule has 0 N–H and O–H groups in total. The molecule has 112 valence electrons. The van der Waals surface area contributed by atoms with Gasteiger partial charge in [0.1, 0.15) is 0 Å². The molecule has 1 saturated heterocycles. The molecule has 1 unspecified atom stereocenters. The molecule has 2 aliphatic rings. The molecule has 22 heavy (non-hydrogen) atoms. The predicted octanol–water partition coefficient (Wildman–Crippen LogP) is 3.40. The minimum atomic E-state index is -2.49. The van der Waals surface area contributed by atoms with Crippen molar-refractivity contribution in [1.82, 2.24) is 4.67 Å². The van der Waals surface area contributed by atoms with Crippen molar-refractivity contribution in [2.24, 2.45) is 0 Å². The lowest BCUT2D eigenvalue weighted by molar-refractivity contribution is 0.0844. The first-order valence-corrected chi connectivity index (χ1v) is 9.80. The molecule has 2 aliphatic heterocycles. The summed E-state index contributed by atoms with van der Waals surface area (Å²) in [6, 6.07) is 17.6. The summed E-state index contributed by atoms with van der Waals surface area (Å²) in [5.41, 5.74) is 2.69. The minimum absolute atomic E-state index is 0.0269. The Labute approximate surface area is 134 Å². The fraction of sp³-hybridized carbons (Fsp3) is 0.188. The van der Waals surface area contributed by atoms with Crippen LogP contribution in [-0.2, 0) is 22.9 Å². The predicted molar refractivity (Wildman–Crippen MR) is 90.3 cm³/mol. The van der Waals surface area contributed by atoms with Gasteiger partial charge < -0.3 is 9.19 Å². The number of anilines is 1. The van der Waals surface area contributed by atoms with E-state index in [1.165, 1.54) is 0 Å². The van der Waals surface area contributed by atoms with Crippen LogP contribution in [0.25, 0.3) is 0 Å². The Morgan fingerprint density at radius 3 is 2.64 bits per heavy atom. The molecule has 6 heteroatoms. The van der Waals surface area contributed by atoms with E-state index in [1.807, 2.05) is 54.6 Å². The van der Waals surface area contributed by atoms with Crippen LogP contribution in [0.2, 0.25) is 0 Å². The molecule has 0 radical (unpaired) electrons. The van der Waals surface area contributed by atoms with Gasteiger partial charge in [0.15, 0.2) is 0 Å². The van der Waals surface area contributed by atoms with E-state index in [0.717, 1.165) is 17.8 Å². The van der Waals surface area contributed by atoms with Crippen molar-refractivity contribution < 1.29 is 9.32 Å². The van der Waals surface area contributed by atoms with Gasteiger partial charge in [-0.1, -0.05) is 42.5 Å². The van der Waals surface area contributed by atoms with E-state index in [4.69, 9.17) is 16.3 Å². The number of para-hydroxylation sites is 1. The lowest BCUT2D eigenvalue weighted by atomic mass is 10.1. The van der Waals surface area contributed by atoms with Gasteiger partial charge in [-0.3, -0.25) is 9.46 Å². The molecule has 0 saturated carbocycles. The third kappa shape index (κ3) is 2.01. The number of nitrogens with zero attached hydrogens (tertiary/aromatic N) is 2. The topological polar surface area (TPSA) is 32.8 Å². The first-order chi connectivity index (χ1) is 10.7. The van der Waals surface area contributed by atoms with E-state index in [2.05, 4.69) is 4.67 Å². The number of carbonyl (C=O) groups is 1. The van der Waals surface area contributed by atoms with Gasteiger partial charge >= 0.3 is 0 Å². The molecule has 2 heterocycles. The Morgan fingerprint density at radius 1 is 1.09 bits per heavy atom. The molecule has 1 atom stereocenters. The smallest absolute Gasteiger partial charge is 0.262 e. The number of fused-ring (bicyclic) bond motifs is 3. The van der Waals surface area contributed by atoms with Crippen molar-refractivity contribution in [1.29, 1.82) is 0 Å². The van der Waals surface area contributed by atoms with E-state index in [9.17, 15) is 4.79 Å². The molecule has 4 rings (SSSR count). The van der Waals surface area contributed by atoms with Gasteiger partial charge in [-0.15, -0.1) is 0 Å². The SMILES string of the molecule is O=C1c2ccccc2N2CCOP2(=S)N1Cc1ccccc1. The van der Waals surface area contributed by atoms with Crippen LogP contribution in [-0.4, -0.2) is 23.7 Å². The first-order valence-electron chi connectivity index (χ1n) is 7.18. The molecule has 0 aromatic heterocycles. The average molecular weight is 330 g/mol. The highest BCUT2D eigenvalue weighted by molar-refractivity contribution is 8.12. The molecule has 2 aromatic carbocycles. The van der Waals surface area contributed by atoms with Crippen molar-refractivity contribution in [2.75, 3.05) is 17.8 Å². The summed E-state index contributed by atoms with van der Waals surface area (Å²) >= 11 is 5.83. The highest BCUT2D eigenvalue weighted by atomic mass is 32.5. The van der Waals surface area contributed by atoms with Crippen LogP contribution >= 0.6 is 6.57 Å². The van der Waals surface area contributed by atoms with Crippen LogP contribution in [0.4, 0.5) is 5.69 Å². The number of carbonyl (C=O) groups excluding carboxylic acids is 1. The molecule has 1 fully saturated rings. The third-order valence-corrected chi connectivity index (χ3v) is 7.97. The Bertz CT molecular complexity index is 781. The van der Waals surface area contributed by atoms with E-state index < -0.39 is 6.57 Å². The van der Waals surface area contributed by atoms with Crippen LogP contribution in [0.15, 0.2) is 54.6 Å². The van der Waals surface area contributed by atoms with Crippen LogP contribution in [0, 0.1) is 0 Å². The van der Waals surface area contributed by atoms with Gasteiger partial charge in [0.25, 0.3) is 12.5 Å². The lowest BCUT2D eigenvalue weighted by Crippen LogP contribution is -2.38. The maximum Gasteiger partial charge on any atom is 0.262 e. The molecule has 0 spiro atoms. The fourth-order valence-electron chi connectivity index (χ4n) is 2.95. The number of amides is 1. The number of benzene rings is 2. The first kappa shape index (κ1) is 13.9. The summed E-state index contributed by atoms with van der Waals surface area (Å²) < 4.78 is 9.78. The minimum Gasteiger partial charge on any atom is -0.317 e. The van der Waals surface area contributed by atoms with Crippen molar-refractivity contribution in [2.45, 2.75) is 6.54 Å². The van der Waals surface area contributed by atoms with Gasteiger partial charge in [-0.2, -0.15) is 0 Å². The van der Waals surface area contributed by atoms with Crippen LogP contribution < -0.4 is 4.67 Å². The third-order valence-electron chi connectivity index (χ3n) is 3.99. The van der Waals surface area contributed by atoms with Gasteiger partial charge in [0.05, 0.1) is 24.4 Å². The van der Waals surface area contributed by atoms with Crippen molar-refractivity contribution >= 4 is 30.0 Å². The zero-order chi connectivity index (χ0) is 15.2.